The summed E-state index contributed by atoms with van der Waals surface area (Å²) in [5.74, 6) is 0.481. The first-order valence-electron chi connectivity index (χ1n) is 5.59. The van der Waals surface area contributed by atoms with Crippen molar-refractivity contribution in [1.29, 1.82) is 0 Å². The minimum absolute atomic E-state index is 0.00690. The molecule has 0 aliphatic carbocycles. The lowest BCUT2D eigenvalue weighted by molar-refractivity contribution is -0.387. The number of carbonyl (C=O) groups is 1. The number of hydrogen-bond acceptors (Lipinski definition) is 5. The van der Waals surface area contributed by atoms with Crippen molar-refractivity contribution >= 4 is 23.4 Å². The van der Waals surface area contributed by atoms with Gasteiger partial charge in [-0.25, -0.2) is 0 Å². The molecule has 1 unspecified atom stereocenters. The molecule has 1 atom stereocenters. The number of thioether (sulfide) groups is 1. The zero-order valence-corrected chi connectivity index (χ0v) is 10.8. The van der Waals surface area contributed by atoms with Crippen LogP contribution in [0.3, 0.4) is 0 Å². The van der Waals surface area contributed by atoms with Crippen molar-refractivity contribution in [3.05, 3.63) is 41.0 Å². The molecule has 0 fully saturated rings. The molecule has 0 spiro atoms. The first-order valence-corrected chi connectivity index (χ1v) is 6.57. The molecular formula is C12H12N2O4S. The molecule has 100 valence electrons. The van der Waals surface area contributed by atoms with E-state index in [1.165, 1.54) is 17.8 Å². The molecular weight excluding hydrogens is 268 g/mol. The van der Waals surface area contributed by atoms with Crippen molar-refractivity contribution < 1.29 is 14.5 Å². The van der Waals surface area contributed by atoms with Crippen LogP contribution in [0.25, 0.3) is 0 Å². The van der Waals surface area contributed by atoms with Crippen molar-refractivity contribution in [3.8, 4) is 5.75 Å². The van der Waals surface area contributed by atoms with Crippen molar-refractivity contribution in [2.24, 2.45) is 0 Å². The van der Waals surface area contributed by atoms with Gasteiger partial charge in [0.1, 0.15) is 10.6 Å². The Bertz CT molecular complexity index is 532. The van der Waals surface area contributed by atoms with Crippen LogP contribution in [0.5, 0.6) is 5.75 Å². The highest BCUT2D eigenvalue weighted by Gasteiger charge is 2.30. The largest absolute Gasteiger partial charge is 0.478 e. The molecule has 1 aliphatic heterocycles. The summed E-state index contributed by atoms with van der Waals surface area (Å²) < 4.78 is 5.51. The SMILES string of the molecule is C=CCNC(=O)C1CSc2c(cccc2[N+](=O)[O-])O1. The van der Waals surface area contributed by atoms with Gasteiger partial charge in [0.2, 0.25) is 0 Å². The van der Waals surface area contributed by atoms with Crippen LogP contribution in [0, 0.1) is 10.1 Å². The Balaban J connectivity index is 2.16. The molecule has 1 N–H and O–H groups in total. The van der Waals surface area contributed by atoms with Crippen molar-refractivity contribution in [2.75, 3.05) is 12.3 Å². The molecule has 0 aromatic heterocycles. The number of rotatable bonds is 4. The van der Waals surface area contributed by atoms with Crippen LogP contribution in [0.2, 0.25) is 0 Å². The lowest BCUT2D eigenvalue weighted by Gasteiger charge is -2.24. The van der Waals surface area contributed by atoms with Crippen LogP contribution in [0.1, 0.15) is 0 Å². The maximum Gasteiger partial charge on any atom is 0.286 e. The van der Waals surface area contributed by atoms with Gasteiger partial charge >= 0.3 is 0 Å². The quantitative estimate of drug-likeness (QED) is 0.516. The van der Waals surface area contributed by atoms with E-state index in [1.54, 1.807) is 18.2 Å². The van der Waals surface area contributed by atoms with Gasteiger partial charge in [-0.1, -0.05) is 12.1 Å². The van der Waals surface area contributed by atoms with E-state index in [-0.39, 0.29) is 11.6 Å². The van der Waals surface area contributed by atoms with Gasteiger partial charge in [-0.3, -0.25) is 14.9 Å². The molecule has 19 heavy (non-hydrogen) atoms. The third-order valence-electron chi connectivity index (χ3n) is 2.52. The Morgan fingerprint density at radius 1 is 1.68 bits per heavy atom. The van der Waals surface area contributed by atoms with Crippen LogP contribution in [0.15, 0.2) is 35.7 Å². The molecule has 0 saturated carbocycles. The highest BCUT2D eigenvalue weighted by molar-refractivity contribution is 7.99. The van der Waals surface area contributed by atoms with Crippen LogP contribution in [0.4, 0.5) is 5.69 Å². The number of nitro benzene ring substituents is 1. The lowest BCUT2D eigenvalue weighted by Crippen LogP contribution is -2.41. The number of hydrogen-bond donors (Lipinski definition) is 1. The Morgan fingerprint density at radius 2 is 2.47 bits per heavy atom. The van der Waals surface area contributed by atoms with Crippen molar-refractivity contribution in [2.45, 2.75) is 11.0 Å². The lowest BCUT2D eigenvalue weighted by atomic mass is 10.3. The van der Waals surface area contributed by atoms with Crippen LogP contribution >= 0.6 is 11.8 Å². The highest BCUT2D eigenvalue weighted by atomic mass is 32.2. The van der Waals surface area contributed by atoms with E-state index in [1.807, 2.05) is 0 Å². The summed E-state index contributed by atoms with van der Waals surface area (Å²) in [6.45, 7) is 3.88. The average molecular weight is 280 g/mol. The number of nitrogens with one attached hydrogen (secondary N) is 1. The summed E-state index contributed by atoms with van der Waals surface area (Å²) in [5, 5.41) is 13.5. The monoisotopic (exact) mass is 280 g/mol. The van der Waals surface area contributed by atoms with Crippen LogP contribution in [-0.2, 0) is 4.79 Å². The number of ether oxygens (including phenoxy) is 1. The average Bonchev–Trinajstić information content (AvgIpc) is 2.43. The molecule has 1 aromatic carbocycles. The van der Waals surface area contributed by atoms with Crippen LogP contribution in [-0.4, -0.2) is 29.2 Å². The Morgan fingerprint density at radius 3 is 3.16 bits per heavy atom. The molecule has 1 heterocycles. The molecule has 0 bridgehead atoms. The fourth-order valence-electron chi connectivity index (χ4n) is 1.65. The zero-order chi connectivity index (χ0) is 13.8. The van der Waals surface area contributed by atoms with E-state index >= 15 is 0 Å². The van der Waals surface area contributed by atoms with Gasteiger partial charge in [-0.15, -0.1) is 18.3 Å². The Kier molecular flexibility index (Phi) is 4.06. The first kappa shape index (κ1) is 13.4. The predicted molar refractivity (Wildman–Crippen MR) is 71.4 cm³/mol. The summed E-state index contributed by atoms with van der Waals surface area (Å²) in [7, 11) is 0. The van der Waals surface area contributed by atoms with E-state index in [2.05, 4.69) is 11.9 Å². The predicted octanol–water partition coefficient (Wildman–Crippen LogP) is 1.75. The summed E-state index contributed by atoms with van der Waals surface area (Å²) in [4.78, 5) is 22.7. The summed E-state index contributed by atoms with van der Waals surface area (Å²) in [5.41, 5.74) is 0.00690. The Labute approximate surface area is 114 Å². The third-order valence-corrected chi connectivity index (χ3v) is 3.68. The second kappa shape index (κ2) is 5.75. The molecule has 1 aromatic rings. The van der Waals surface area contributed by atoms with E-state index < -0.39 is 11.0 Å². The van der Waals surface area contributed by atoms with E-state index in [0.29, 0.717) is 22.9 Å². The number of nitro groups is 1. The summed E-state index contributed by atoms with van der Waals surface area (Å²) in [6, 6.07) is 4.59. The summed E-state index contributed by atoms with van der Waals surface area (Å²) in [6.07, 6.45) is 0.937. The topological polar surface area (TPSA) is 81.5 Å². The number of nitrogens with zero attached hydrogens (tertiary/aromatic N) is 1. The van der Waals surface area contributed by atoms with Gasteiger partial charge in [0.25, 0.3) is 11.6 Å². The normalized spacial score (nSPS) is 16.9. The van der Waals surface area contributed by atoms with E-state index in [0.717, 1.165) is 0 Å². The van der Waals surface area contributed by atoms with Crippen molar-refractivity contribution in [3.63, 3.8) is 0 Å². The molecule has 6 nitrogen and oxygen atoms in total. The van der Waals surface area contributed by atoms with Gasteiger partial charge in [-0.2, -0.15) is 0 Å². The van der Waals surface area contributed by atoms with Gasteiger partial charge < -0.3 is 10.1 Å². The van der Waals surface area contributed by atoms with Gasteiger partial charge in [0, 0.05) is 18.4 Å². The third kappa shape index (κ3) is 2.87. The number of amides is 1. The fourth-order valence-corrected chi connectivity index (χ4v) is 2.73. The molecule has 1 aliphatic rings. The number of carbonyl (C=O) groups excluding carboxylic acids is 1. The van der Waals surface area contributed by atoms with Crippen LogP contribution < -0.4 is 10.1 Å². The Hall–Kier alpha value is -2.02. The molecule has 0 radical (unpaired) electrons. The maximum absolute atomic E-state index is 11.8. The van der Waals surface area contributed by atoms with E-state index in [4.69, 9.17) is 4.74 Å². The number of benzene rings is 1. The highest BCUT2D eigenvalue weighted by Crippen LogP contribution is 2.41. The molecule has 0 saturated heterocycles. The second-order valence-corrected chi connectivity index (χ2v) is 4.84. The first-order chi connectivity index (χ1) is 9.13. The van der Waals surface area contributed by atoms with Crippen molar-refractivity contribution in [1.82, 2.24) is 5.32 Å². The summed E-state index contributed by atoms with van der Waals surface area (Å²) >= 11 is 1.26. The number of fused-ring (bicyclic) bond motifs is 1. The van der Waals surface area contributed by atoms with E-state index in [9.17, 15) is 14.9 Å². The van der Waals surface area contributed by atoms with Gasteiger partial charge in [-0.05, 0) is 6.07 Å². The molecule has 2 rings (SSSR count). The molecule has 7 heteroatoms. The smallest absolute Gasteiger partial charge is 0.286 e. The fraction of sp³-hybridized carbons (Fsp3) is 0.250. The minimum Gasteiger partial charge on any atom is -0.478 e. The maximum atomic E-state index is 11.8. The minimum atomic E-state index is -0.639. The molecule has 1 amide bonds. The standard InChI is InChI=1S/C12H12N2O4S/c1-2-6-13-12(15)10-7-19-11-8(14(16)17)4-3-5-9(11)18-10/h2-5,10H,1,6-7H2,(H,13,15). The van der Waals surface area contributed by atoms with Gasteiger partial charge in [0.05, 0.1) is 4.92 Å². The van der Waals surface area contributed by atoms with Gasteiger partial charge in [0.15, 0.2) is 6.10 Å². The second-order valence-electron chi connectivity index (χ2n) is 3.81. The zero-order valence-electron chi connectivity index (χ0n) is 10.00.